The third-order valence-corrected chi connectivity index (χ3v) is 8.08. The summed E-state index contributed by atoms with van der Waals surface area (Å²) in [5, 5.41) is 14.1. The topological polar surface area (TPSA) is 153 Å². The Morgan fingerprint density at radius 1 is 1.00 bits per heavy atom. The first-order valence-electron chi connectivity index (χ1n) is 14.4. The molecule has 3 N–H and O–H groups in total. The number of Topliss-reactive ketones (excluding diaryl/α,β-unsaturated/α-hetero) is 1. The first-order chi connectivity index (χ1) is 20.6. The highest BCUT2D eigenvalue weighted by molar-refractivity contribution is 7.07. The third-order valence-electron chi connectivity index (χ3n) is 7.45. The van der Waals surface area contributed by atoms with Crippen LogP contribution < -0.4 is 16.0 Å². The SMILES string of the molecule is COCc1cc(C(=O)N[C@@H](Cc2cscn2)C(=O)N[C@@H](Cc2ccccc2)C(=O)N[C@@H](CC(C)C)C(=O)C2(C)CC2)no1. The van der Waals surface area contributed by atoms with Crippen LogP contribution in [-0.4, -0.2) is 58.9 Å². The fourth-order valence-electron chi connectivity index (χ4n) is 4.78. The zero-order valence-electron chi connectivity index (χ0n) is 24.9. The molecule has 1 aliphatic carbocycles. The molecular weight excluding hydrogens is 570 g/mol. The largest absolute Gasteiger partial charge is 0.377 e. The normalized spacial score (nSPS) is 15.7. The Labute approximate surface area is 255 Å². The molecule has 0 spiro atoms. The van der Waals surface area contributed by atoms with Crippen molar-refractivity contribution in [3.8, 4) is 0 Å². The van der Waals surface area contributed by atoms with Crippen LogP contribution in [0, 0.1) is 11.3 Å². The fourth-order valence-corrected chi connectivity index (χ4v) is 5.35. The fraction of sp³-hybridized carbons (Fsp3) is 0.484. The van der Waals surface area contributed by atoms with Gasteiger partial charge in [-0.2, -0.15) is 0 Å². The lowest BCUT2D eigenvalue weighted by atomic mass is 9.91. The molecule has 1 fully saturated rings. The molecule has 11 nitrogen and oxygen atoms in total. The van der Waals surface area contributed by atoms with Crippen molar-refractivity contribution in [2.45, 2.75) is 77.6 Å². The van der Waals surface area contributed by atoms with E-state index in [2.05, 4.69) is 26.1 Å². The number of carbonyl (C=O) groups excluding carboxylic acids is 4. The summed E-state index contributed by atoms with van der Waals surface area (Å²) >= 11 is 1.37. The number of benzene rings is 1. The van der Waals surface area contributed by atoms with Gasteiger partial charge in [-0.1, -0.05) is 56.3 Å². The number of hydrogen-bond donors (Lipinski definition) is 3. The van der Waals surface area contributed by atoms with Crippen molar-refractivity contribution in [3.05, 3.63) is 70.0 Å². The Hall–Kier alpha value is -3.90. The molecule has 4 rings (SSSR count). The summed E-state index contributed by atoms with van der Waals surface area (Å²) in [5.74, 6) is -1.09. The van der Waals surface area contributed by atoms with E-state index in [-0.39, 0.29) is 36.8 Å². The minimum Gasteiger partial charge on any atom is -0.377 e. The summed E-state index contributed by atoms with van der Waals surface area (Å²) in [7, 11) is 1.49. The van der Waals surface area contributed by atoms with Gasteiger partial charge in [-0.15, -0.1) is 11.3 Å². The van der Waals surface area contributed by atoms with Crippen molar-refractivity contribution in [1.82, 2.24) is 26.1 Å². The van der Waals surface area contributed by atoms with Gasteiger partial charge in [0.1, 0.15) is 18.7 Å². The van der Waals surface area contributed by atoms with Crippen LogP contribution in [0.5, 0.6) is 0 Å². The van der Waals surface area contributed by atoms with Crippen molar-refractivity contribution in [1.29, 1.82) is 0 Å². The van der Waals surface area contributed by atoms with E-state index in [0.29, 0.717) is 17.9 Å². The van der Waals surface area contributed by atoms with E-state index in [1.54, 1.807) is 10.9 Å². The molecule has 0 unspecified atom stereocenters. The van der Waals surface area contributed by atoms with Gasteiger partial charge in [0.15, 0.2) is 17.2 Å². The Balaban J connectivity index is 1.54. The molecule has 3 amide bonds. The van der Waals surface area contributed by atoms with Crippen LogP contribution in [0.15, 0.2) is 51.8 Å². The van der Waals surface area contributed by atoms with Gasteiger partial charge in [-0.25, -0.2) is 4.98 Å². The molecule has 230 valence electrons. The summed E-state index contributed by atoms with van der Waals surface area (Å²) < 4.78 is 10.1. The van der Waals surface area contributed by atoms with Crippen LogP contribution in [0.3, 0.4) is 0 Å². The summed E-state index contributed by atoms with van der Waals surface area (Å²) in [6.45, 7) is 6.07. The number of nitrogens with one attached hydrogen (secondary N) is 3. The molecule has 0 radical (unpaired) electrons. The standard InChI is InChI=1S/C31H39N5O6S/c1-19(2)12-23(27(37)31(3)10-11-31)33-28(38)24(13-20-8-6-5-7-9-20)34-29(39)25(14-21-17-43-18-32-21)35-30(40)26-15-22(16-41-4)42-36-26/h5-9,15,17-19,23-25H,10-14,16H2,1-4H3,(H,33,38)(H,34,39)(H,35,40)/t23-,24-,25-/m0/s1. The average molecular weight is 610 g/mol. The molecule has 1 aromatic carbocycles. The molecule has 3 aromatic rings. The van der Waals surface area contributed by atoms with Gasteiger partial charge in [-0.05, 0) is 30.7 Å². The smallest absolute Gasteiger partial charge is 0.274 e. The molecule has 12 heteroatoms. The highest BCUT2D eigenvalue weighted by Gasteiger charge is 2.48. The summed E-state index contributed by atoms with van der Waals surface area (Å²) in [6.07, 6.45) is 2.39. The van der Waals surface area contributed by atoms with Gasteiger partial charge in [0, 0.05) is 36.8 Å². The number of methoxy groups -OCH3 is 1. The quantitative estimate of drug-likeness (QED) is 0.224. The minimum absolute atomic E-state index is 0.00897. The first-order valence-corrected chi connectivity index (χ1v) is 15.3. The Kier molecular flexibility index (Phi) is 10.8. The van der Waals surface area contributed by atoms with E-state index < -0.39 is 41.3 Å². The molecule has 3 atom stereocenters. The van der Waals surface area contributed by atoms with Gasteiger partial charge < -0.3 is 25.2 Å². The van der Waals surface area contributed by atoms with Crippen LogP contribution in [0.25, 0.3) is 0 Å². The molecule has 43 heavy (non-hydrogen) atoms. The molecule has 0 saturated heterocycles. The second kappa shape index (κ2) is 14.5. The van der Waals surface area contributed by atoms with Gasteiger partial charge in [0.2, 0.25) is 11.8 Å². The van der Waals surface area contributed by atoms with Crippen LogP contribution in [0.2, 0.25) is 0 Å². The van der Waals surface area contributed by atoms with E-state index in [1.807, 2.05) is 51.1 Å². The Morgan fingerprint density at radius 3 is 2.28 bits per heavy atom. The van der Waals surface area contributed by atoms with E-state index in [9.17, 15) is 19.2 Å². The molecular formula is C31H39N5O6S. The zero-order chi connectivity index (χ0) is 31.0. The lowest BCUT2D eigenvalue weighted by molar-refractivity contribution is -0.133. The second-order valence-corrected chi connectivity index (χ2v) is 12.4. The van der Waals surface area contributed by atoms with E-state index >= 15 is 0 Å². The maximum atomic E-state index is 13.8. The number of ketones is 1. The summed E-state index contributed by atoms with van der Waals surface area (Å²) in [6, 6.07) is 8.02. The maximum Gasteiger partial charge on any atom is 0.274 e. The van der Waals surface area contributed by atoms with Gasteiger partial charge in [0.25, 0.3) is 5.91 Å². The van der Waals surface area contributed by atoms with Gasteiger partial charge in [-0.3, -0.25) is 19.2 Å². The molecule has 2 aromatic heterocycles. The van der Waals surface area contributed by atoms with Crippen LogP contribution in [0.1, 0.15) is 67.5 Å². The van der Waals surface area contributed by atoms with Gasteiger partial charge >= 0.3 is 0 Å². The lowest BCUT2D eigenvalue weighted by Gasteiger charge is -2.27. The second-order valence-electron chi connectivity index (χ2n) is 11.7. The number of ether oxygens (including phenoxy) is 1. The monoisotopic (exact) mass is 609 g/mol. The third kappa shape index (κ3) is 9.04. The molecule has 0 bridgehead atoms. The summed E-state index contributed by atoms with van der Waals surface area (Å²) in [4.78, 5) is 58.1. The number of amides is 3. The minimum atomic E-state index is -1.07. The molecule has 1 aliphatic rings. The van der Waals surface area contributed by atoms with Crippen molar-refractivity contribution >= 4 is 34.8 Å². The Bertz CT molecular complexity index is 1390. The number of nitrogens with zero attached hydrogens (tertiary/aromatic N) is 2. The average Bonchev–Trinajstić information content (AvgIpc) is 3.32. The van der Waals surface area contributed by atoms with E-state index in [0.717, 1.165) is 18.4 Å². The van der Waals surface area contributed by atoms with Crippen molar-refractivity contribution < 1.29 is 28.4 Å². The lowest BCUT2D eigenvalue weighted by Crippen LogP contribution is -2.57. The van der Waals surface area contributed by atoms with Crippen molar-refractivity contribution in [2.75, 3.05) is 7.11 Å². The van der Waals surface area contributed by atoms with Crippen LogP contribution >= 0.6 is 11.3 Å². The van der Waals surface area contributed by atoms with Crippen molar-refractivity contribution in [2.24, 2.45) is 11.3 Å². The number of aromatic nitrogens is 2. The van der Waals surface area contributed by atoms with Gasteiger partial charge in [0.05, 0.1) is 17.2 Å². The molecule has 2 heterocycles. The number of carbonyl (C=O) groups is 4. The van der Waals surface area contributed by atoms with E-state index in [4.69, 9.17) is 9.26 Å². The number of rotatable bonds is 16. The summed E-state index contributed by atoms with van der Waals surface area (Å²) in [5.41, 5.74) is 2.65. The van der Waals surface area contributed by atoms with E-state index in [1.165, 1.54) is 24.5 Å². The van der Waals surface area contributed by atoms with Crippen molar-refractivity contribution in [3.63, 3.8) is 0 Å². The number of thiazole rings is 1. The predicted octanol–water partition coefficient (Wildman–Crippen LogP) is 3.25. The zero-order valence-corrected chi connectivity index (χ0v) is 25.7. The number of hydrogen-bond acceptors (Lipinski definition) is 9. The molecule has 0 aliphatic heterocycles. The Morgan fingerprint density at radius 2 is 1.67 bits per heavy atom. The highest BCUT2D eigenvalue weighted by atomic mass is 32.1. The molecule has 1 saturated carbocycles. The van der Waals surface area contributed by atoms with Crippen LogP contribution in [0.4, 0.5) is 0 Å². The predicted molar refractivity (Wildman–Crippen MR) is 160 cm³/mol. The highest BCUT2D eigenvalue weighted by Crippen LogP contribution is 2.47. The maximum absolute atomic E-state index is 13.8. The van der Waals surface area contributed by atoms with Crippen LogP contribution in [-0.2, 0) is 38.6 Å². The first kappa shape index (κ1) is 32.0.